The van der Waals surface area contributed by atoms with Crippen molar-refractivity contribution in [3.05, 3.63) is 58.1 Å². The van der Waals surface area contributed by atoms with Crippen molar-refractivity contribution in [3.63, 3.8) is 0 Å². The SMILES string of the molecule is COC(=O)c1cc(Cl)cc(Cl)c1NC(=O)CN(CC(C)O)c1ccccc1. The van der Waals surface area contributed by atoms with Crippen molar-refractivity contribution < 1.29 is 19.4 Å². The zero-order chi connectivity index (χ0) is 20.0. The van der Waals surface area contributed by atoms with Crippen LogP contribution in [-0.2, 0) is 9.53 Å². The van der Waals surface area contributed by atoms with Gasteiger partial charge in [-0.3, -0.25) is 4.79 Å². The first kappa shape index (κ1) is 21.0. The van der Waals surface area contributed by atoms with Gasteiger partial charge in [-0.1, -0.05) is 41.4 Å². The van der Waals surface area contributed by atoms with E-state index in [1.807, 2.05) is 30.3 Å². The number of nitrogens with one attached hydrogen (secondary N) is 1. The van der Waals surface area contributed by atoms with Crippen LogP contribution in [-0.4, -0.2) is 43.3 Å². The number of aliphatic hydroxyl groups excluding tert-OH is 1. The van der Waals surface area contributed by atoms with Gasteiger partial charge in [0.15, 0.2) is 0 Å². The van der Waals surface area contributed by atoms with Crippen molar-refractivity contribution in [1.29, 1.82) is 0 Å². The summed E-state index contributed by atoms with van der Waals surface area (Å²) in [4.78, 5) is 26.3. The van der Waals surface area contributed by atoms with Crippen LogP contribution in [0.2, 0.25) is 10.0 Å². The monoisotopic (exact) mass is 410 g/mol. The lowest BCUT2D eigenvalue weighted by molar-refractivity contribution is -0.115. The number of rotatable bonds is 7. The van der Waals surface area contributed by atoms with Gasteiger partial charge in [0, 0.05) is 17.3 Å². The van der Waals surface area contributed by atoms with Crippen LogP contribution in [0.3, 0.4) is 0 Å². The summed E-state index contributed by atoms with van der Waals surface area (Å²) >= 11 is 12.1. The molecule has 1 unspecified atom stereocenters. The molecule has 2 N–H and O–H groups in total. The molecule has 0 aromatic heterocycles. The lowest BCUT2D eigenvalue weighted by atomic mass is 10.1. The number of hydrogen-bond donors (Lipinski definition) is 2. The van der Waals surface area contributed by atoms with Crippen molar-refractivity contribution >= 4 is 46.5 Å². The summed E-state index contributed by atoms with van der Waals surface area (Å²) < 4.78 is 4.72. The van der Waals surface area contributed by atoms with Crippen LogP contribution in [0.4, 0.5) is 11.4 Å². The number of anilines is 2. The Balaban J connectivity index is 2.24. The van der Waals surface area contributed by atoms with Crippen LogP contribution in [0.1, 0.15) is 17.3 Å². The number of amides is 1. The molecule has 0 bridgehead atoms. The van der Waals surface area contributed by atoms with Gasteiger partial charge in [-0.05, 0) is 31.2 Å². The van der Waals surface area contributed by atoms with Crippen molar-refractivity contribution in [2.24, 2.45) is 0 Å². The fourth-order valence-electron chi connectivity index (χ4n) is 2.54. The summed E-state index contributed by atoms with van der Waals surface area (Å²) in [5, 5.41) is 12.8. The standard InChI is InChI=1S/C19H20Cl2N2O4/c1-12(24)10-23(14-6-4-3-5-7-14)11-17(25)22-18-15(19(26)27-2)8-13(20)9-16(18)21/h3-9,12,24H,10-11H2,1-2H3,(H,22,25). The van der Waals surface area contributed by atoms with Crippen LogP contribution >= 0.6 is 23.2 Å². The van der Waals surface area contributed by atoms with E-state index in [0.717, 1.165) is 5.69 Å². The van der Waals surface area contributed by atoms with Crippen molar-refractivity contribution in [2.45, 2.75) is 13.0 Å². The lowest BCUT2D eigenvalue weighted by Gasteiger charge is -2.26. The Morgan fingerprint density at radius 1 is 1.22 bits per heavy atom. The highest BCUT2D eigenvalue weighted by Gasteiger charge is 2.20. The molecular weight excluding hydrogens is 391 g/mol. The Hall–Kier alpha value is -2.28. The second-order valence-electron chi connectivity index (χ2n) is 5.92. The van der Waals surface area contributed by atoms with Crippen molar-refractivity contribution in [2.75, 3.05) is 30.4 Å². The molecule has 8 heteroatoms. The Bertz CT molecular complexity index is 813. The first-order chi connectivity index (χ1) is 12.8. The summed E-state index contributed by atoms with van der Waals surface area (Å²) in [7, 11) is 1.22. The zero-order valence-electron chi connectivity index (χ0n) is 14.9. The maximum atomic E-state index is 12.6. The molecular formula is C19H20Cl2N2O4. The molecule has 6 nitrogen and oxygen atoms in total. The number of halogens is 2. The van der Waals surface area contributed by atoms with E-state index in [1.54, 1.807) is 11.8 Å². The Morgan fingerprint density at radius 3 is 2.48 bits per heavy atom. The van der Waals surface area contributed by atoms with Crippen LogP contribution in [0.15, 0.2) is 42.5 Å². The summed E-state index contributed by atoms with van der Waals surface area (Å²) in [6.45, 7) is 1.85. The van der Waals surface area contributed by atoms with Gasteiger partial charge in [0.25, 0.3) is 0 Å². The largest absolute Gasteiger partial charge is 0.465 e. The molecule has 2 aromatic rings. The minimum Gasteiger partial charge on any atom is -0.465 e. The molecule has 0 saturated heterocycles. The molecule has 0 saturated carbocycles. The third kappa shape index (κ3) is 5.85. The fraction of sp³-hybridized carbons (Fsp3) is 0.263. The van der Waals surface area contributed by atoms with E-state index in [1.165, 1.54) is 19.2 Å². The smallest absolute Gasteiger partial charge is 0.340 e. The van der Waals surface area contributed by atoms with Gasteiger partial charge in [0.1, 0.15) is 0 Å². The predicted molar refractivity (Wildman–Crippen MR) is 107 cm³/mol. The number of para-hydroxylation sites is 1. The normalized spacial score (nSPS) is 11.6. The first-order valence-corrected chi connectivity index (χ1v) is 8.92. The molecule has 144 valence electrons. The Labute approximate surface area is 167 Å². The van der Waals surface area contributed by atoms with Crippen LogP contribution in [0.25, 0.3) is 0 Å². The van der Waals surface area contributed by atoms with Gasteiger partial charge in [0.2, 0.25) is 5.91 Å². The number of carbonyl (C=O) groups excluding carboxylic acids is 2. The minimum absolute atomic E-state index is 0.0471. The summed E-state index contributed by atoms with van der Waals surface area (Å²) in [5.74, 6) is -1.08. The highest BCUT2D eigenvalue weighted by Crippen LogP contribution is 2.31. The van der Waals surface area contributed by atoms with E-state index >= 15 is 0 Å². The van der Waals surface area contributed by atoms with Crippen molar-refractivity contribution in [3.8, 4) is 0 Å². The maximum Gasteiger partial charge on any atom is 0.340 e. The van der Waals surface area contributed by atoms with Gasteiger partial charge in [-0.15, -0.1) is 0 Å². The molecule has 2 rings (SSSR count). The van der Waals surface area contributed by atoms with Crippen LogP contribution < -0.4 is 10.2 Å². The Morgan fingerprint density at radius 2 is 1.89 bits per heavy atom. The average molecular weight is 411 g/mol. The molecule has 0 heterocycles. The number of nitrogens with zero attached hydrogens (tertiary/aromatic N) is 1. The molecule has 0 radical (unpaired) electrons. The van der Waals surface area contributed by atoms with E-state index in [2.05, 4.69) is 5.32 Å². The first-order valence-electron chi connectivity index (χ1n) is 8.17. The number of carbonyl (C=O) groups is 2. The highest BCUT2D eigenvalue weighted by atomic mass is 35.5. The van der Waals surface area contributed by atoms with E-state index in [4.69, 9.17) is 27.9 Å². The molecule has 27 heavy (non-hydrogen) atoms. The molecule has 0 fully saturated rings. The van der Waals surface area contributed by atoms with Gasteiger partial charge in [-0.25, -0.2) is 4.79 Å². The van der Waals surface area contributed by atoms with Gasteiger partial charge in [0.05, 0.1) is 36.0 Å². The molecule has 0 aliphatic carbocycles. The lowest BCUT2D eigenvalue weighted by Crippen LogP contribution is -2.38. The molecule has 0 aliphatic rings. The second kappa shape index (κ2) is 9.60. The minimum atomic E-state index is -0.668. The van der Waals surface area contributed by atoms with Gasteiger partial charge >= 0.3 is 5.97 Å². The van der Waals surface area contributed by atoms with Gasteiger partial charge < -0.3 is 20.1 Å². The molecule has 0 aliphatic heterocycles. The maximum absolute atomic E-state index is 12.6. The topological polar surface area (TPSA) is 78.9 Å². The number of hydrogen-bond acceptors (Lipinski definition) is 5. The number of esters is 1. The second-order valence-corrected chi connectivity index (χ2v) is 6.76. The molecule has 1 amide bonds. The fourth-order valence-corrected chi connectivity index (χ4v) is 3.08. The molecule has 0 spiro atoms. The third-order valence-corrected chi connectivity index (χ3v) is 4.18. The van der Waals surface area contributed by atoms with Crippen LogP contribution in [0, 0.1) is 0 Å². The number of ether oxygens (including phenoxy) is 1. The zero-order valence-corrected chi connectivity index (χ0v) is 16.4. The highest BCUT2D eigenvalue weighted by molar-refractivity contribution is 6.37. The van der Waals surface area contributed by atoms with Crippen LogP contribution in [0.5, 0.6) is 0 Å². The van der Waals surface area contributed by atoms with E-state index in [9.17, 15) is 14.7 Å². The average Bonchev–Trinajstić information content (AvgIpc) is 2.63. The summed E-state index contributed by atoms with van der Waals surface area (Å²) in [6.07, 6.45) is -0.636. The van der Waals surface area contributed by atoms with E-state index < -0.39 is 18.0 Å². The molecule has 2 aromatic carbocycles. The number of aliphatic hydroxyl groups is 1. The van der Waals surface area contributed by atoms with Crippen molar-refractivity contribution in [1.82, 2.24) is 0 Å². The summed E-state index contributed by atoms with van der Waals surface area (Å²) in [6, 6.07) is 12.0. The number of methoxy groups -OCH3 is 1. The quantitative estimate of drug-likeness (QED) is 0.681. The number of benzene rings is 2. The van der Waals surface area contributed by atoms with E-state index in [0.29, 0.717) is 0 Å². The summed E-state index contributed by atoms with van der Waals surface area (Å²) in [5.41, 5.74) is 0.969. The predicted octanol–water partition coefficient (Wildman–Crippen LogP) is 3.61. The third-order valence-electron chi connectivity index (χ3n) is 3.67. The molecule has 1 atom stereocenters. The van der Waals surface area contributed by atoms with E-state index in [-0.39, 0.29) is 34.4 Å². The van der Waals surface area contributed by atoms with Gasteiger partial charge in [-0.2, -0.15) is 0 Å². The Kier molecular flexibility index (Phi) is 7.47.